The van der Waals surface area contributed by atoms with Gasteiger partial charge in [0, 0.05) is 18.8 Å². The van der Waals surface area contributed by atoms with E-state index in [1.165, 1.54) is 0 Å². The zero-order valence-corrected chi connectivity index (χ0v) is 10.9. The standard InChI is InChI=1S/C13H19F2NO2/c1-4-17-13(18-5-2)12(16-3)10-8-9(14)6-7-11(10)15/h6-8,12-13,16H,4-5H2,1-3H3. The van der Waals surface area contributed by atoms with Crippen molar-refractivity contribution >= 4 is 0 Å². The molecule has 0 spiro atoms. The van der Waals surface area contributed by atoms with Crippen LogP contribution in [0, 0.1) is 11.6 Å². The molecule has 1 unspecified atom stereocenters. The molecular weight excluding hydrogens is 240 g/mol. The van der Waals surface area contributed by atoms with Gasteiger partial charge in [-0.3, -0.25) is 0 Å². The summed E-state index contributed by atoms with van der Waals surface area (Å²) >= 11 is 0. The van der Waals surface area contributed by atoms with Crippen LogP contribution in [0.3, 0.4) is 0 Å². The molecule has 102 valence electrons. The fourth-order valence-corrected chi connectivity index (χ4v) is 1.76. The summed E-state index contributed by atoms with van der Waals surface area (Å²) in [4.78, 5) is 0. The van der Waals surface area contributed by atoms with Gasteiger partial charge >= 0.3 is 0 Å². The average molecular weight is 259 g/mol. The van der Waals surface area contributed by atoms with E-state index >= 15 is 0 Å². The molecular formula is C13H19F2NO2. The Balaban J connectivity index is 3.01. The number of hydrogen-bond acceptors (Lipinski definition) is 3. The molecule has 0 amide bonds. The highest BCUT2D eigenvalue weighted by molar-refractivity contribution is 5.23. The average Bonchev–Trinajstić information content (AvgIpc) is 2.35. The molecule has 1 atom stereocenters. The van der Waals surface area contributed by atoms with Gasteiger partial charge in [-0.1, -0.05) is 0 Å². The first-order valence-electron chi connectivity index (χ1n) is 5.99. The molecule has 0 bridgehead atoms. The molecule has 3 nitrogen and oxygen atoms in total. The molecule has 1 N–H and O–H groups in total. The second-order valence-corrected chi connectivity index (χ2v) is 3.71. The van der Waals surface area contributed by atoms with E-state index in [9.17, 15) is 8.78 Å². The van der Waals surface area contributed by atoms with Gasteiger partial charge in [-0.2, -0.15) is 0 Å². The molecule has 0 aliphatic heterocycles. The Morgan fingerprint density at radius 2 is 1.78 bits per heavy atom. The van der Waals surface area contributed by atoms with Crippen LogP contribution in [0.2, 0.25) is 0 Å². The number of ether oxygens (including phenoxy) is 2. The number of halogens is 2. The minimum Gasteiger partial charge on any atom is -0.351 e. The third-order valence-electron chi connectivity index (χ3n) is 2.54. The molecule has 0 heterocycles. The van der Waals surface area contributed by atoms with E-state index < -0.39 is 24.0 Å². The first-order valence-corrected chi connectivity index (χ1v) is 5.99. The van der Waals surface area contributed by atoms with Gasteiger partial charge in [0.05, 0.1) is 6.04 Å². The van der Waals surface area contributed by atoms with Gasteiger partial charge in [-0.15, -0.1) is 0 Å². The monoisotopic (exact) mass is 259 g/mol. The Kier molecular flexibility index (Phi) is 6.18. The molecule has 0 saturated heterocycles. The lowest BCUT2D eigenvalue weighted by molar-refractivity contribution is -0.154. The second-order valence-electron chi connectivity index (χ2n) is 3.71. The van der Waals surface area contributed by atoms with Gasteiger partial charge in [0.15, 0.2) is 6.29 Å². The van der Waals surface area contributed by atoms with E-state index in [1.807, 2.05) is 13.8 Å². The highest BCUT2D eigenvalue weighted by Gasteiger charge is 2.25. The maximum atomic E-state index is 13.7. The summed E-state index contributed by atoms with van der Waals surface area (Å²) < 4.78 is 37.8. The summed E-state index contributed by atoms with van der Waals surface area (Å²) in [6.45, 7) is 4.50. The van der Waals surface area contributed by atoms with E-state index in [-0.39, 0.29) is 5.56 Å². The van der Waals surface area contributed by atoms with Gasteiger partial charge in [0.25, 0.3) is 0 Å². The van der Waals surface area contributed by atoms with Gasteiger partial charge in [-0.05, 0) is 39.1 Å². The summed E-state index contributed by atoms with van der Waals surface area (Å²) in [7, 11) is 1.65. The molecule has 0 fully saturated rings. The predicted octanol–water partition coefficient (Wildman–Crippen LogP) is 2.62. The van der Waals surface area contributed by atoms with Crippen molar-refractivity contribution in [3.8, 4) is 0 Å². The van der Waals surface area contributed by atoms with E-state index in [0.29, 0.717) is 13.2 Å². The van der Waals surface area contributed by atoms with Crippen molar-refractivity contribution in [2.45, 2.75) is 26.2 Å². The van der Waals surface area contributed by atoms with Crippen molar-refractivity contribution < 1.29 is 18.3 Å². The van der Waals surface area contributed by atoms with Gasteiger partial charge < -0.3 is 14.8 Å². The van der Waals surface area contributed by atoms with Crippen LogP contribution in [0.4, 0.5) is 8.78 Å². The van der Waals surface area contributed by atoms with Crippen LogP contribution in [0.15, 0.2) is 18.2 Å². The molecule has 0 aliphatic carbocycles. The second kappa shape index (κ2) is 7.41. The summed E-state index contributed by atoms with van der Waals surface area (Å²) in [5.41, 5.74) is 0.199. The topological polar surface area (TPSA) is 30.5 Å². The third kappa shape index (κ3) is 3.73. The predicted molar refractivity (Wildman–Crippen MR) is 65.2 cm³/mol. The molecule has 0 radical (unpaired) electrons. The summed E-state index contributed by atoms with van der Waals surface area (Å²) in [5, 5.41) is 2.90. The van der Waals surface area contributed by atoms with Crippen LogP contribution in [-0.2, 0) is 9.47 Å². The van der Waals surface area contributed by atoms with Crippen molar-refractivity contribution in [1.82, 2.24) is 5.32 Å². The zero-order valence-electron chi connectivity index (χ0n) is 10.9. The molecule has 0 aliphatic rings. The van der Waals surface area contributed by atoms with E-state index in [1.54, 1.807) is 7.05 Å². The third-order valence-corrected chi connectivity index (χ3v) is 2.54. The van der Waals surface area contributed by atoms with Crippen LogP contribution in [-0.4, -0.2) is 26.6 Å². The maximum Gasteiger partial charge on any atom is 0.176 e. The normalized spacial score (nSPS) is 13.0. The van der Waals surface area contributed by atoms with Crippen LogP contribution in [0.5, 0.6) is 0 Å². The molecule has 0 saturated carbocycles. The van der Waals surface area contributed by atoms with E-state index in [4.69, 9.17) is 9.47 Å². The largest absolute Gasteiger partial charge is 0.351 e. The summed E-state index contributed by atoms with van der Waals surface area (Å²) in [5.74, 6) is -0.974. The van der Waals surface area contributed by atoms with E-state index in [0.717, 1.165) is 18.2 Å². The fourth-order valence-electron chi connectivity index (χ4n) is 1.76. The molecule has 18 heavy (non-hydrogen) atoms. The molecule has 1 aromatic rings. The number of nitrogens with one attached hydrogen (secondary N) is 1. The van der Waals surface area contributed by atoms with Crippen molar-refractivity contribution in [2.75, 3.05) is 20.3 Å². The molecule has 5 heteroatoms. The minimum absolute atomic E-state index is 0.199. The van der Waals surface area contributed by atoms with Gasteiger partial charge in [-0.25, -0.2) is 8.78 Å². The first-order chi connectivity index (χ1) is 8.63. The highest BCUT2D eigenvalue weighted by atomic mass is 19.1. The maximum absolute atomic E-state index is 13.7. The smallest absolute Gasteiger partial charge is 0.176 e. The van der Waals surface area contributed by atoms with Crippen molar-refractivity contribution in [1.29, 1.82) is 0 Å². The lowest BCUT2D eigenvalue weighted by atomic mass is 10.1. The van der Waals surface area contributed by atoms with Crippen molar-refractivity contribution in [3.63, 3.8) is 0 Å². The first kappa shape index (κ1) is 15.0. The Bertz CT molecular complexity index is 368. The van der Waals surface area contributed by atoms with Crippen LogP contribution in [0.1, 0.15) is 25.5 Å². The highest BCUT2D eigenvalue weighted by Crippen LogP contribution is 2.23. The molecule has 1 rings (SSSR count). The van der Waals surface area contributed by atoms with Crippen LogP contribution < -0.4 is 5.32 Å². The van der Waals surface area contributed by atoms with Crippen molar-refractivity contribution in [3.05, 3.63) is 35.4 Å². The van der Waals surface area contributed by atoms with Crippen molar-refractivity contribution in [2.24, 2.45) is 0 Å². The van der Waals surface area contributed by atoms with Crippen LogP contribution in [0.25, 0.3) is 0 Å². The molecule has 1 aromatic carbocycles. The SMILES string of the molecule is CCOC(OCC)C(NC)c1cc(F)ccc1F. The fraction of sp³-hybridized carbons (Fsp3) is 0.538. The summed E-state index contributed by atoms with van der Waals surface area (Å²) in [6.07, 6.45) is -0.652. The lowest BCUT2D eigenvalue weighted by Gasteiger charge is -2.27. The quantitative estimate of drug-likeness (QED) is 0.764. The van der Waals surface area contributed by atoms with Gasteiger partial charge in [0.2, 0.25) is 0 Å². The summed E-state index contributed by atoms with van der Waals surface area (Å²) in [6, 6.07) is 2.79. The van der Waals surface area contributed by atoms with E-state index in [2.05, 4.69) is 5.32 Å². The minimum atomic E-state index is -0.652. The Hall–Kier alpha value is -1.04. The number of benzene rings is 1. The van der Waals surface area contributed by atoms with Gasteiger partial charge in [0.1, 0.15) is 11.6 Å². The Morgan fingerprint density at radius 1 is 1.17 bits per heavy atom. The lowest BCUT2D eigenvalue weighted by Crippen LogP contribution is -2.34. The number of hydrogen-bond donors (Lipinski definition) is 1. The molecule has 0 aromatic heterocycles. The zero-order chi connectivity index (χ0) is 13.5. The Labute approximate surface area is 106 Å². The Morgan fingerprint density at radius 3 is 2.28 bits per heavy atom. The van der Waals surface area contributed by atoms with Crippen LogP contribution >= 0.6 is 0 Å². The number of rotatable bonds is 7. The number of likely N-dealkylation sites (N-methyl/N-ethyl adjacent to an activating group) is 1.